The molecule has 0 radical (unpaired) electrons. The fraction of sp³-hybridized carbons (Fsp3) is 0.244. The number of amides is 5. The zero-order chi connectivity index (χ0) is 87.1. The molecular weight excluding hydrogens is 1800 g/mol. The Hall–Kier alpha value is -9.01. The summed E-state index contributed by atoms with van der Waals surface area (Å²) in [5, 5.41) is 12.3. The summed E-state index contributed by atoms with van der Waals surface area (Å²) in [7, 11) is -23.7. The van der Waals surface area contributed by atoms with Gasteiger partial charge in [-0.1, -0.05) is 108 Å². The van der Waals surface area contributed by atoms with Gasteiger partial charge in [-0.3, -0.25) is 24.1 Å². The molecular formula is C78H74Cl3F3N8O19S9. The number of thiophene rings is 3. The van der Waals surface area contributed by atoms with Crippen molar-refractivity contribution in [3.05, 3.63) is 225 Å². The molecule has 4 aliphatic heterocycles. The van der Waals surface area contributed by atoms with Gasteiger partial charge in [0, 0.05) is 107 Å². The van der Waals surface area contributed by atoms with Crippen LogP contribution in [0.1, 0.15) is 33.9 Å². The van der Waals surface area contributed by atoms with Crippen molar-refractivity contribution in [3.8, 4) is 33.4 Å². The van der Waals surface area contributed by atoms with E-state index in [1.165, 1.54) is 99.4 Å². The van der Waals surface area contributed by atoms with Crippen molar-refractivity contribution in [1.29, 1.82) is 0 Å². The monoisotopic (exact) mass is 1880 g/mol. The zero-order valence-electron chi connectivity index (χ0n) is 63.4. The van der Waals surface area contributed by atoms with Crippen LogP contribution in [0.25, 0.3) is 51.6 Å². The zero-order valence-corrected chi connectivity index (χ0v) is 73.0. The number of anilines is 3. The number of rotatable bonds is 26. The number of nitrogens with zero attached hydrogens (tertiary/aromatic N) is 7. The molecule has 0 spiro atoms. The molecule has 0 aliphatic carbocycles. The third kappa shape index (κ3) is 22.1. The van der Waals surface area contributed by atoms with Gasteiger partial charge in [-0.2, -0.15) is 12.9 Å². The number of sulfonamides is 3. The second-order valence-electron chi connectivity index (χ2n) is 27.3. The summed E-state index contributed by atoms with van der Waals surface area (Å²) in [5.74, 6) is -5.50. The maximum Gasteiger partial charge on any atom is 0.422 e. The number of sulfone groups is 3. The molecule has 3 aromatic heterocycles. The van der Waals surface area contributed by atoms with E-state index < -0.39 is 131 Å². The third-order valence-corrected chi connectivity index (χ3v) is 30.8. The van der Waals surface area contributed by atoms with Crippen molar-refractivity contribution in [2.75, 3.05) is 99.0 Å². The molecule has 3 atom stereocenters. The molecule has 42 heteroatoms. The number of carbonyl (C=O) groups is 5. The number of carbonyl (C=O) groups excluding carboxylic acids is 4. The van der Waals surface area contributed by atoms with E-state index in [4.69, 9.17) is 45.3 Å². The van der Waals surface area contributed by atoms with E-state index in [0.29, 0.717) is 86.9 Å². The first kappa shape index (κ1) is 91.7. The average Bonchev–Trinajstić information content (AvgIpc) is 1.57. The van der Waals surface area contributed by atoms with Crippen molar-refractivity contribution >= 4 is 193 Å². The van der Waals surface area contributed by atoms with E-state index in [0.717, 1.165) is 74.2 Å². The van der Waals surface area contributed by atoms with Gasteiger partial charge in [-0.05, 0) is 145 Å². The van der Waals surface area contributed by atoms with Crippen molar-refractivity contribution in [2.24, 2.45) is 5.73 Å². The van der Waals surface area contributed by atoms with Gasteiger partial charge in [-0.25, -0.2) is 68.5 Å². The molecule has 4 fully saturated rings. The number of benzene rings is 6. The Morgan fingerprint density at radius 3 is 1.12 bits per heavy atom. The van der Waals surface area contributed by atoms with Crippen molar-refractivity contribution in [3.63, 3.8) is 0 Å². The summed E-state index contributed by atoms with van der Waals surface area (Å²) >= 11 is 21.2. The largest absolute Gasteiger partial charge is 0.464 e. The second kappa shape index (κ2) is 38.2. The van der Waals surface area contributed by atoms with Crippen molar-refractivity contribution in [2.45, 2.75) is 52.1 Å². The van der Waals surface area contributed by atoms with E-state index in [2.05, 4.69) is 4.90 Å². The van der Waals surface area contributed by atoms with E-state index in [9.17, 15) is 79.6 Å². The maximum absolute atomic E-state index is 15.5. The summed E-state index contributed by atoms with van der Waals surface area (Å²) in [6.45, 7) is 2.11. The molecule has 120 heavy (non-hydrogen) atoms. The van der Waals surface area contributed by atoms with Gasteiger partial charge in [0.05, 0.1) is 69.9 Å². The predicted molar refractivity (Wildman–Crippen MR) is 459 cm³/mol. The van der Waals surface area contributed by atoms with Gasteiger partial charge in [0.1, 0.15) is 35.6 Å². The minimum atomic E-state index is -4.59. The summed E-state index contributed by atoms with van der Waals surface area (Å²) in [6, 6.07) is 36.2. The van der Waals surface area contributed by atoms with Gasteiger partial charge in [0.25, 0.3) is 15.9 Å². The Morgan fingerprint density at radius 2 is 0.792 bits per heavy atom. The Bertz CT molecular complexity index is 6290. The predicted octanol–water partition coefficient (Wildman–Crippen LogP) is 12.6. The van der Waals surface area contributed by atoms with E-state index >= 15 is 13.2 Å². The number of halogens is 6. The highest BCUT2D eigenvalue weighted by Gasteiger charge is 2.47. The molecule has 3 N–H and O–H groups in total. The number of hydrogen-bond acceptors (Lipinski definition) is 22. The number of nitrogens with two attached hydrogens (primary N) is 1. The molecule has 13 rings (SSSR count). The van der Waals surface area contributed by atoms with Crippen LogP contribution in [0.5, 0.6) is 0 Å². The molecule has 5 amide bonds. The Balaban J connectivity index is 0.000000176. The summed E-state index contributed by atoms with van der Waals surface area (Å²) < 4.78 is 207. The molecule has 6 aromatic carbocycles. The highest BCUT2D eigenvalue weighted by Crippen LogP contribution is 2.39. The first-order chi connectivity index (χ1) is 56.5. The number of hydrogen-bond donors (Lipinski definition) is 2. The molecule has 4 aliphatic rings. The van der Waals surface area contributed by atoms with Crippen molar-refractivity contribution in [1.82, 2.24) is 17.8 Å². The molecule has 4 saturated heterocycles. The Labute approximate surface area is 718 Å². The SMILES string of the molecule is CS(=O)(=O)c1ccccc1-c1ccc(N2CC[C@H](N(C(=O)O)S(=O)(=O)/C=C/c3ccc(Cl)s3)C2=O)c(F)c1.CS(=O)(=O)c1ccccc1-c1ccc(N2CC[C@H](N(CC(N)=O)S(=O)(=O)/C=C/c3ccc(Cl)s3)C2=O)c(F)c1.CS(=O)(=O)c1ccccc1-c1ccc(N2CC[C@H](N(CCN3CCOCC3)S(=O)(=O)/C=C/c3ccc(Cl)s3)C2=O)c(F)c1. The normalized spacial score (nSPS) is 17.2. The molecule has 7 heterocycles. The van der Waals surface area contributed by atoms with Crippen LogP contribution in [0.4, 0.5) is 35.0 Å². The van der Waals surface area contributed by atoms with Gasteiger partial charge < -0.3 is 30.3 Å². The first-order valence-electron chi connectivity index (χ1n) is 35.9. The second-order valence-corrected chi connectivity index (χ2v) is 43.7. The van der Waals surface area contributed by atoms with Crippen LogP contribution in [0.3, 0.4) is 0 Å². The summed E-state index contributed by atoms with van der Waals surface area (Å²) in [4.78, 5) is 71.0. The van der Waals surface area contributed by atoms with Gasteiger partial charge in [0.2, 0.25) is 37.8 Å². The number of carboxylic acid groups (broad SMARTS) is 1. The number of morpholine rings is 1. The lowest BCUT2D eigenvalue weighted by Crippen LogP contribution is -2.49. The Kier molecular flexibility index (Phi) is 29.2. The van der Waals surface area contributed by atoms with E-state index in [-0.39, 0.29) is 98.2 Å². The van der Waals surface area contributed by atoms with Crippen LogP contribution in [-0.4, -0.2) is 206 Å². The lowest BCUT2D eigenvalue weighted by molar-refractivity contribution is -0.122. The van der Waals surface area contributed by atoms with E-state index in [1.54, 1.807) is 91.0 Å². The molecule has 9 aromatic rings. The highest BCUT2D eigenvalue weighted by molar-refractivity contribution is 7.93. The van der Waals surface area contributed by atoms with Gasteiger partial charge >= 0.3 is 6.09 Å². The molecule has 0 unspecified atom stereocenters. The molecule has 636 valence electrons. The minimum Gasteiger partial charge on any atom is -0.464 e. The maximum atomic E-state index is 15.5. The lowest BCUT2D eigenvalue weighted by Gasteiger charge is -2.31. The van der Waals surface area contributed by atoms with Crippen LogP contribution in [0.15, 0.2) is 195 Å². The van der Waals surface area contributed by atoms with Crippen LogP contribution in [0, 0.1) is 17.5 Å². The molecule has 0 bridgehead atoms. The minimum absolute atomic E-state index is 0.00221. The van der Waals surface area contributed by atoms with Gasteiger partial charge in [-0.15, -0.1) is 34.0 Å². The lowest BCUT2D eigenvalue weighted by atomic mass is 10.0. The summed E-state index contributed by atoms with van der Waals surface area (Å²) in [6.07, 6.45) is 5.22. The fourth-order valence-electron chi connectivity index (χ4n) is 13.6. The topological polar surface area (TPSA) is 368 Å². The van der Waals surface area contributed by atoms with Crippen LogP contribution in [-0.2, 0) is 83.5 Å². The van der Waals surface area contributed by atoms with Crippen LogP contribution >= 0.6 is 68.8 Å². The molecule has 27 nitrogen and oxygen atoms in total. The fourth-order valence-corrected chi connectivity index (χ4v) is 23.4. The Morgan fingerprint density at radius 1 is 0.467 bits per heavy atom. The smallest absolute Gasteiger partial charge is 0.422 e. The first-order valence-corrected chi connectivity index (χ1v) is 49.7. The van der Waals surface area contributed by atoms with Crippen LogP contribution in [0.2, 0.25) is 13.0 Å². The third-order valence-electron chi connectivity index (χ3n) is 19.2. The number of ether oxygens (including phenoxy) is 1. The average molecular weight is 1880 g/mol. The van der Waals surface area contributed by atoms with Gasteiger partial charge in [0.15, 0.2) is 29.5 Å². The molecule has 0 saturated carbocycles. The van der Waals surface area contributed by atoms with Crippen molar-refractivity contribution < 1.29 is 97.5 Å². The standard InChI is InChI=1S/C29H31ClFN3O6S3.C25H23ClFN3O6S3.C24H20ClFN2O7S3/c1-42(36,37)27-5-3-2-4-23(27)21-6-8-25(24(31)20-21)33-12-10-26(29(33)35)34(14-13-32-15-17-40-18-16-32)43(38,39)19-11-22-7-9-28(30)41-22;1-38(33,34)22-5-3-2-4-18(22)16-6-8-20(19(27)14-16)29-12-10-21(25(29)32)30(15-24(28)31)39(35,36)13-11-17-7-9-23(26)37-17;1-37(32,33)21-5-3-2-4-17(21)15-6-8-19(18(26)14-15)27-12-10-20(23(27)29)28(24(30)31)38(34,35)13-11-16-7-9-22(25)36-16/h2-9,11,19-20,26H,10,12-18H2,1H3;2-9,11,13-14,21H,10,12,15H2,1H3,(H2,28,31);2-9,11,13-14,20H,10,12H2,1H3,(H,30,31)/b19-11+;2*13-11+/t26-;21-;20-/m000/s1. The quantitative estimate of drug-likeness (QED) is 0.0508. The van der Waals surface area contributed by atoms with E-state index in [1.807, 2.05) is 0 Å². The van der Waals surface area contributed by atoms with Crippen LogP contribution < -0.4 is 20.4 Å². The summed E-state index contributed by atoms with van der Waals surface area (Å²) in [5.41, 5.74) is 6.80. The highest BCUT2D eigenvalue weighted by atomic mass is 35.5. The number of primary amides is 1.